The number of benzene rings is 1. The van der Waals surface area contributed by atoms with Crippen molar-refractivity contribution < 1.29 is 8.42 Å². The maximum Gasteiger partial charge on any atom is 0.243 e. The van der Waals surface area contributed by atoms with E-state index in [4.69, 9.17) is 11.6 Å². The van der Waals surface area contributed by atoms with Crippen molar-refractivity contribution in [2.45, 2.75) is 11.4 Å². The van der Waals surface area contributed by atoms with Crippen molar-refractivity contribution in [2.24, 2.45) is 0 Å². The highest BCUT2D eigenvalue weighted by atomic mass is 79.9. The summed E-state index contributed by atoms with van der Waals surface area (Å²) >= 11 is 9.40. The monoisotopic (exact) mass is 468 g/mol. The lowest BCUT2D eigenvalue weighted by Gasteiger charge is -2.33. The van der Waals surface area contributed by atoms with Crippen LogP contribution in [0.3, 0.4) is 0 Å². The number of aromatic nitrogens is 2. The Hall–Kier alpha value is -1.45. The average Bonchev–Trinajstić information content (AvgIpc) is 3.03. The summed E-state index contributed by atoms with van der Waals surface area (Å²) in [5.74, 6) is 0. The van der Waals surface area contributed by atoms with Crippen molar-refractivity contribution in [3.63, 3.8) is 0 Å². The van der Waals surface area contributed by atoms with E-state index in [9.17, 15) is 8.42 Å². The van der Waals surface area contributed by atoms with Crippen LogP contribution in [-0.4, -0.2) is 53.2 Å². The SMILES string of the molecule is O=S(=O)(c1cccc(Cl)c1)N1CCN(Cc2cn3cc(Br)ccc3n2)CC1. The van der Waals surface area contributed by atoms with Crippen LogP contribution in [0, 0.1) is 0 Å². The van der Waals surface area contributed by atoms with Gasteiger partial charge in [0.05, 0.1) is 10.6 Å². The number of imidazole rings is 1. The van der Waals surface area contributed by atoms with E-state index < -0.39 is 10.0 Å². The van der Waals surface area contributed by atoms with Gasteiger partial charge in [0.15, 0.2) is 0 Å². The Labute approximate surface area is 171 Å². The van der Waals surface area contributed by atoms with Crippen LogP contribution < -0.4 is 0 Å². The number of halogens is 2. The highest BCUT2D eigenvalue weighted by molar-refractivity contribution is 9.10. The minimum atomic E-state index is -3.51. The number of nitrogens with zero attached hydrogens (tertiary/aromatic N) is 4. The Morgan fingerprint density at radius 2 is 1.85 bits per heavy atom. The summed E-state index contributed by atoms with van der Waals surface area (Å²) in [6.45, 7) is 2.93. The van der Waals surface area contributed by atoms with Crippen LogP contribution in [0.5, 0.6) is 0 Å². The van der Waals surface area contributed by atoms with Gasteiger partial charge in [-0.3, -0.25) is 4.90 Å². The van der Waals surface area contributed by atoms with Crippen molar-refractivity contribution in [1.29, 1.82) is 0 Å². The molecular weight excluding hydrogens is 452 g/mol. The van der Waals surface area contributed by atoms with Crippen LogP contribution in [0.15, 0.2) is 58.2 Å². The van der Waals surface area contributed by atoms with Gasteiger partial charge < -0.3 is 4.40 Å². The van der Waals surface area contributed by atoms with Crippen molar-refractivity contribution >= 4 is 43.2 Å². The van der Waals surface area contributed by atoms with E-state index in [1.54, 1.807) is 18.2 Å². The summed E-state index contributed by atoms with van der Waals surface area (Å²) in [7, 11) is -3.51. The number of pyridine rings is 1. The van der Waals surface area contributed by atoms with Crippen molar-refractivity contribution in [1.82, 2.24) is 18.6 Å². The summed E-state index contributed by atoms with van der Waals surface area (Å²) in [6, 6.07) is 10.3. The fraction of sp³-hybridized carbons (Fsp3) is 0.278. The second-order valence-electron chi connectivity index (χ2n) is 6.48. The highest BCUT2D eigenvalue weighted by Gasteiger charge is 2.28. The second kappa shape index (κ2) is 7.52. The molecule has 0 unspecified atom stereocenters. The lowest BCUT2D eigenvalue weighted by molar-refractivity contribution is 0.180. The Morgan fingerprint density at radius 1 is 1.07 bits per heavy atom. The lowest BCUT2D eigenvalue weighted by atomic mass is 10.3. The molecule has 4 rings (SSSR count). The lowest BCUT2D eigenvalue weighted by Crippen LogP contribution is -2.48. The molecule has 0 saturated carbocycles. The van der Waals surface area contributed by atoms with Crippen LogP contribution in [-0.2, 0) is 16.6 Å². The summed E-state index contributed by atoms with van der Waals surface area (Å²) in [5, 5.41) is 0.424. The van der Waals surface area contributed by atoms with Gasteiger partial charge in [-0.15, -0.1) is 0 Å². The molecule has 0 aliphatic carbocycles. The van der Waals surface area contributed by atoms with E-state index in [0.29, 0.717) is 37.7 Å². The number of sulfonamides is 1. The van der Waals surface area contributed by atoms with Gasteiger partial charge in [0.25, 0.3) is 0 Å². The zero-order valence-electron chi connectivity index (χ0n) is 14.4. The van der Waals surface area contributed by atoms with Crippen LogP contribution in [0.25, 0.3) is 5.65 Å². The quantitative estimate of drug-likeness (QED) is 0.588. The molecule has 1 fully saturated rings. The molecule has 3 aromatic rings. The number of hydrogen-bond acceptors (Lipinski definition) is 4. The molecule has 1 saturated heterocycles. The first-order valence-electron chi connectivity index (χ1n) is 8.53. The molecule has 0 atom stereocenters. The zero-order chi connectivity index (χ0) is 19.0. The van der Waals surface area contributed by atoms with Crippen LogP contribution in [0.1, 0.15) is 5.69 Å². The van der Waals surface area contributed by atoms with Gasteiger partial charge in [-0.05, 0) is 46.3 Å². The highest BCUT2D eigenvalue weighted by Crippen LogP contribution is 2.21. The molecule has 0 N–H and O–H groups in total. The third kappa shape index (κ3) is 4.05. The Morgan fingerprint density at radius 3 is 2.59 bits per heavy atom. The van der Waals surface area contributed by atoms with Gasteiger partial charge in [-0.25, -0.2) is 13.4 Å². The van der Waals surface area contributed by atoms with E-state index in [2.05, 4.69) is 25.8 Å². The molecule has 0 radical (unpaired) electrons. The molecule has 1 aliphatic rings. The predicted molar refractivity (Wildman–Crippen MR) is 108 cm³/mol. The third-order valence-corrected chi connectivity index (χ3v) is 7.21. The van der Waals surface area contributed by atoms with E-state index in [1.807, 2.05) is 28.9 Å². The standard InChI is InChI=1S/C18H18BrClN4O2S/c19-14-4-5-18-21-16(13-23(18)11-14)12-22-6-8-24(9-7-22)27(25,26)17-3-1-2-15(20)10-17/h1-5,10-11,13H,6-9,12H2. The molecule has 1 aromatic carbocycles. The first-order valence-corrected chi connectivity index (χ1v) is 11.1. The van der Waals surface area contributed by atoms with Gasteiger partial charge in [0.1, 0.15) is 5.65 Å². The molecule has 9 heteroatoms. The fourth-order valence-corrected chi connectivity index (χ4v) is 5.30. The maximum absolute atomic E-state index is 12.8. The van der Waals surface area contributed by atoms with Crippen molar-refractivity contribution in [2.75, 3.05) is 26.2 Å². The molecule has 0 amide bonds. The normalized spacial score (nSPS) is 16.8. The molecule has 2 aromatic heterocycles. The number of rotatable bonds is 4. The zero-order valence-corrected chi connectivity index (χ0v) is 17.6. The molecule has 0 bridgehead atoms. The maximum atomic E-state index is 12.8. The summed E-state index contributed by atoms with van der Waals surface area (Å²) in [6.07, 6.45) is 3.98. The van der Waals surface area contributed by atoms with Gasteiger partial charge in [0, 0.05) is 54.6 Å². The third-order valence-electron chi connectivity index (χ3n) is 4.62. The molecule has 27 heavy (non-hydrogen) atoms. The van der Waals surface area contributed by atoms with Crippen LogP contribution in [0.4, 0.5) is 0 Å². The molecule has 6 nitrogen and oxygen atoms in total. The Bertz CT molecular complexity index is 1080. The van der Waals surface area contributed by atoms with E-state index >= 15 is 0 Å². The Kier molecular flexibility index (Phi) is 5.26. The smallest absolute Gasteiger partial charge is 0.243 e. The molecule has 0 spiro atoms. The molecule has 1 aliphatic heterocycles. The second-order valence-corrected chi connectivity index (χ2v) is 9.77. The fourth-order valence-electron chi connectivity index (χ4n) is 3.23. The first kappa shape index (κ1) is 18.9. The topological polar surface area (TPSA) is 57.9 Å². The van der Waals surface area contributed by atoms with Gasteiger partial charge in [-0.1, -0.05) is 17.7 Å². The predicted octanol–water partition coefficient (Wildman–Crippen LogP) is 3.26. The minimum Gasteiger partial charge on any atom is -0.306 e. The van der Waals surface area contributed by atoms with Gasteiger partial charge in [-0.2, -0.15) is 4.31 Å². The van der Waals surface area contributed by atoms with Gasteiger partial charge in [0.2, 0.25) is 10.0 Å². The van der Waals surface area contributed by atoms with E-state index in [-0.39, 0.29) is 4.90 Å². The summed E-state index contributed by atoms with van der Waals surface area (Å²) < 4.78 is 30.1. The molecule has 142 valence electrons. The minimum absolute atomic E-state index is 0.245. The number of piperazine rings is 1. The van der Waals surface area contributed by atoms with E-state index in [1.165, 1.54) is 10.4 Å². The van der Waals surface area contributed by atoms with Crippen molar-refractivity contribution in [3.8, 4) is 0 Å². The Balaban J connectivity index is 1.42. The average molecular weight is 470 g/mol. The largest absolute Gasteiger partial charge is 0.306 e. The molecule has 3 heterocycles. The summed E-state index contributed by atoms with van der Waals surface area (Å²) in [5.41, 5.74) is 1.87. The number of hydrogen-bond donors (Lipinski definition) is 0. The van der Waals surface area contributed by atoms with Crippen LogP contribution >= 0.6 is 27.5 Å². The summed E-state index contributed by atoms with van der Waals surface area (Å²) in [4.78, 5) is 7.09. The van der Waals surface area contributed by atoms with Gasteiger partial charge >= 0.3 is 0 Å². The number of fused-ring (bicyclic) bond motifs is 1. The van der Waals surface area contributed by atoms with E-state index in [0.717, 1.165) is 15.8 Å². The van der Waals surface area contributed by atoms with Crippen LogP contribution in [0.2, 0.25) is 5.02 Å². The molecular formula is C18H18BrClN4O2S. The first-order chi connectivity index (χ1) is 12.9. The van der Waals surface area contributed by atoms with Crippen molar-refractivity contribution in [3.05, 3.63) is 64.0 Å².